The second-order valence-electron chi connectivity index (χ2n) is 7.41. The lowest BCUT2D eigenvalue weighted by atomic mass is 9.98. The van der Waals surface area contributed by atoms with Crippen LogP contribution in [0.2, 0.25) is 0 Å². The van der Waals surface area contributed by atoms with Crippen LogP contribution in [0.25, 0.3) is 11.3 Å². The van der Waals surface area contributed by atoms with E-state index in [2.05, 4.69) is 21.6 Å². The number of rotatable bonds is 6. The van der Waals surface area contributed by atoms with Gasteiger partial charge in [-0.3, -0.25) is 4.79 Å². The number of thioether (sulfide) groups is 1. The molecule has 152 valence electrons. The molecule has 1 aromatic heterocycles. The first-order valence-electron chi connectivity index (χ1n) is 10.1. The first-order chi connectivity index (χ1) is 15.2. The van der Waals surface area contributed by atoms with Crippen LogP contribution in [-0.4, -0.2) is 26.0 Å². The number of Topliss-reactive ketones (excluding diaryl/α,β-unsaturated/α-hetero) is 1. The van der Waals surface area contributed by atoms with Gasteiger partial charge in [0.25, 0.3) is 0 Å². The molecule has 5 nitrogen and oxygen atoms in total. The third-order valence-corrected chi connectivity index (χ3v) is 6.63. The largest absolute Gasteiger partial charge is 0.293 e. The van der Waals surface area contributed by atoms with Crippen LogP contribution in [0.4, 0.5) is 0 Å². The van der Waals surface area contributed by atoms with Gasteiger partial charge in [-0.15, -0.1) is 5.10 Å². The fourth-order valence-electron chi connectivity index (χ4n) is 3.87. The monoisotopic (exact) mass is 424 g/mol. The fourth-order valence-corrected chi connectivity index (χ4v) is 4.92. The number of nitrogens with zero attached hydrogens (tertiary/aromatic N) is 4. The number of allylic oxidation sites excluding steroid dienone is 2. The van der Waals surface area contributed by atoms with Gasteiger partial charge in [-0.05, 0) is 52.1 Å². The molecule has 0 bridgehead atoms. The number of ketones is 1. The van der Waals surface area contributed by atoms with Crippen molar-refractivity contribution in [2.75, 3.05) is 0 Å². The first-order valence-corrected chi connectivity index (χ1v) is 11.0. The van der Waals surface area contributed by atoms with Crippen LogP contribution in [0.5, 0.6) is 0 Å². The average Bonchev–Trinajstić information content (AvgIpc) is 3.45. The van der Waals surface area contributed by atoms with Gasteiger partial charge in [0, 0.05) is 5.57 Å². The predicted octanol–water partition coefficient (Wildman–Crippen LogP) is 5.01. The molecule has 1 heterocycles. The Labute approximate surface area is 184 Å². The molecule has 4 aromatic rings. The van der Waals surface area contributed by atoms with Gasteiger partial charge in [0.05, 0.1) is 5.69 Å². The number of hydrogen-bond donors (Lipinski definition) is 0. The van der Waals surface area contributed by atoms with Gasteiger partial charge >= 0.3 is 0 Å². The Bertz CT molecular complexity index is 1280. The zero-order valence-electron chi connectivity index (χ0n) is 17.0. The van der Waals surface area contributed by atoms with E-state index in [9.17, 15) is 4.79 Å². The van der Waals surface area contributed by atoms with Crippen LogP contribution < -0.4 is 0 Å². The van der Waals surface area contributed by atoms with Gasteiger partial charge < -0.3 is 0 Å². The van der Waals surface area contributed by atoms with E-state index in [0.29, 0.717) is 5.16 Å². The summed E-state index contributed by atoms with van der Waals surface area (Å²) >= 11 is 1.38. The minimum absolute atomic E-state index is 0.0699. The van der Waals surface area contributed by atoms with Crippen molar-refractivity contribution in [3.8, 4) is 5.69 Å². The van der Waals surface area contributed by atoms with Crippen LogP contribution in [0.3, 0.4) is 0 Å². The summed E-state index contributed by atoms with van der Waals surface area (Å²) in [5, 5.41) is 12.5. The second-order valence-corrected chi connectivity index (χ2v) is 8.48. The summed E-state index contributed by atoms with van der Waals surface area (Å²) in [5.41, 5.74) is 5.88. The molecule has 0 amide bonds. The predicted molar refractivity (Wildman–Crippen MR) is 122 cm³/mol. The molecule has 1 aliphatic rings. The Hall–Kier alpha value is -3.51. The average molecular weight is 425 g/mol. The van der Waals surface area contributed by atoms with E-state index >= 15 is 0 Å². The highest BCUT2D eigenvalue weighted by Gasteiger charge is 2.30. The number of aryl methyl sites for hydroxylation is 1. The summed E-state index contributed by atoms with van der Waals surface area (Å²) in [6.07, 6.45) is 2.82. The molecular weight excluding hydrogens is 404 g/mol. The quantitative estimate of drug-likeness (QED) is 0.407. The molecule has 0 fully saturated rings. The number of tetrazole rings is 1. The standard InChI is InChI=1S/C25H20N4OS/c1-17-9-5-8-14-22(17)29-25(26-27-28-29)31-24(19-11-3-2-4-12-19)23(30)21-16-15-18-10-6-7-13-20(18)21/h2-14,16,24H,15H2,1H3. The molecule has 1 unspecified atom stereocenters. The minimum Gasteiger partial charge on any atom is -0.293 e. The van der Waals surface area contributed by atoms with Crippen LogP contribution >= 0.6 is 11.8 Å². The Morgan fingerprint density at radius 1 is 0.968 bits per heavy atom. The summed E-state index contributed by atoms with van der Waals surface area (Å²) in [6, 6.07) is 25.9. The molecule has 3 aromatic carbocycles. The summed E-state index contributed by atoms with van der Waals surface area (Å²) < 4.78 is 1.71. The molecule has 6 heteroatoms. The molecule has 5 rings (SSSR count). The number of benzene rings is 3. The Morgan fingerprint density at radius 3 is 2.55 bits per heavy atom. The third kappa shape index (κ3) is 3.70. The Balaban J connectivity index is 1.54. The molecule has 0 aliphatic heterocycles. The molecule has 0 spiro atoms. The lowest BCUT2D eigenvalue weighted by molar-refractivity contribution is -0.113. The topological polar surface area (TPSA) is 60.7 Å². The van der Waals surface area contributed by atoms with E-state index in [-0.39, 0.29) is 5.78 Å². The molecule has 0 N–H and O–H groups in total. The van der Waals surface area contributed by atoms with Gasteiger partial charge in [0.2, 0.25) is 5.16 Å². The summed E-state index contributed by atoms with van der Waals surface area (Å²) in [6.45, 7) is 2.02. The van der Waals surface area contributed by atoms with Gasteiger partial charge in [-0.1, -0.05) is 90.6 Å². The Kier molecular flexibility index (Phi) is 5.22. The number of aromatic nitrogens is 4. The molecule has 1 atom stereocenters. The van der Waals surface area contributed by atoms with Crippen LogP contribution in [0.15, 0.2) is 90.1 Å². The van der Waals surface area contributed by atoms with Gasteiger partial charge in [-0.25, -0.2) is 0 Å². The van der Waals surface area contributed by atoms with Crippen molar-refractivity contribution >= 4 is 23.1 Å². The number of carbonyl (C=O) groups excluding carboxylic acids is 1. The second kappa shape index (κ2) is 8.32. The maximum absolute atomic E-state index is 13.8. The summed E-state index contributed by atoms with van der Waals surface area (Å²) in [7, 11) is 0. The third-order valence-electron chi connectivity index (χ3n) is 5.45. The van der Waals surface area contributed by atoms with Crippen molar-refractivity contribution in [1.29, 1.82) is 0 Å². The SMILES string of the molecule is Cc1ccccc1-n1nnnc1SC(C(=O)C1=CCc2ccccc21)c1ccccc1. The Morgan fingerprint density at radius 2 is 1.71 bits per heavy atom. The molecule has 31 heavy (non-hydrogen) atoms. The van der Waals surface area contributed by atoms with E-state index < -0.39 is 5.25 Å². The van der Waals surface area contributed by atoms with E-state index in [1.807, 2.05) is 85.8 Å². The van der Waals surface area contributed by atoms with E-state index in [1.165, 1.54) is 17.3 Å². The highest BCUT2D eigenvalue weighted by atomic mass is 32.2. The van der Waals surface area contributed by atoms with Crippen LogP contribution in [-0.2, 0) is 11.2 Å². The first kappa shape index (κ1) is 19.5. The van der Waals surface area contributed by atoms with Crippen LogP contribution in [0, 0.1) is 6.92 Å². The summed E-state index contributed by atoms with van der Waals surface area (Å²) in [5.74, 6) is 0.0699. The normalized spacial score (nSPS) is 13.5. The molecular formula is C25H20N4OS. The minimum atomic E-state index is -0.452. The lowest BCUT2D eigenvalue weighted by Gasteiger charge is -2.17. The zero-order chi connectivity index (χ0) is 21.2. The fraction of sp³-hybridized carbons (Fsp3) is 0.120. The van der Waals surface area contributed by atoms with Crippen molar-refractivity contribution in [1.82, 2.24) is 20.2 Å². The molecule has 1 aliphatic carbocycles. The van der Waals surface area contributed by atoms with Crippen molar-refractivity contribution in [3.63, 3.8) is 0 Å². The molecule has 0 saturated carbocycles. The summed E-state index contributed by atoms with van der Waals surface area (Å²) in [4.78, 5) is 13.8. The number of fused-ring (bicyclic) bond motifs is 1. The smallest absolute Gasteiger partial charge is 0.215 e. The maximum atomic E-state index is 13.8. The highest BCUT2D eigenvalue weighted by Crippen LogP contribution is 2.41. The lowest BCUT2D eigenvalue weighted by Crippen LogP contribution is -2.12. The van der Waals surface area contributed by atoms with Crippen LogP contribution in [0.1, 0.15) is 27.5 Å². The van der Waals surface area contributed by atoms with E-state index in [4.69, 9.17) is 0 Å². The zero-order valence-corrected chi connectivity index (χ0v) is 17.8. The number of hydrogen-bond acceptors (Lipinski definition) is 5. The number of para-hydroxylation sites is 1. The van der Waals surface area contributed by atoms with E-state index in [0.717, 1.165) is 34.4 Å². The maximum Gasteiger partial charge on any atom is 0.215 e. The molecule has 0 radical (unpaired) electrons. The van der Waals surface area contributed by atoms with E-state index in [1.54, 1.807) is 4.68 Å². The molecule has 0 saturated heterocycles. The number of carbonyl (C=O) groups is 1. The van der Waals surface area contributed by atoms with Gasteiger partial charge in [0.1, 0.15) is 5.25 Å². The van der Waals surface area contributed by atoms with Crippen molar-refractivity contribution in [2.45, 2.75) is 23.8 Å². The van der Waals surface area contributed by atoms with Gasteiger partial charge in [0.15, 0.2) is 5.78 Å². The van der Waals surface area contributed by atoms with Crippen molar-refractivity contribution < 1.29 is 4.79 Å². The van der Waals surface area contributed by atoms with Crippen molar-refractivity contribution in [3.05, 3.63) is 107 Å². The van der Waals surface area contributed by atoms with Crippen molar-refractivity contribution in [2.24, 2.45) is 0 Å². The highest BCUT2D eigenvalue weighted by molar-refractivity contribution is 8.00. The van der Waals surface area contributed by atoms with Gasteiger partial charge in [-0.2, -0.15) is 4.68 Å².